The van der Waals surface area contributed by atoms with Gasteiger partial charge in [0.25, 0.3) is 0 Å². The molecule has 2 unspecified atom stereocenters. The Labute approximate surface area is 119 Å². The van der Waals surface area contributed by atoms with Crippen LogP contribution in [0.1, 0.15) is 11.6 Å². The van der Waals surface area contributed by atoms with Gasteiger partial charge in [0.05, 0.1) is 12.3 Å². The lowest BCUT2D eigenvalue weighted by atomic mass is 9.96. The molecule has 1 fully saturated rings. The lowest BCUT2D eigenvalue weighted by molar-refractivity contribution is 0.442. The summed E-state index contributed by atoms with van der Waals surface area (Å²) in [5, 5.41) is 3.27. The third-order valence-electron chi connectivity index (χ3n) is 3.21. The van der Waals surface area contributed by atoms with Crippen molar-refractivity contribution in [2.24, 2.45) is 5.92 Å². The van der Waals surface area contributed by atoms with Crippen LogP contribution >= 0.6 is 0 Å². The van der Waals surface area contributed by atoms with Crippen LogP contribution in [0.4, 0.5) is 0 Å². The summed E-state index contributed by atoms with van der Waals surface area (Å²) < 4.78 is 24.3. The molecule has 0 amide bonds. The average Bonchev–Trinajstić information content (AvgIpc) is 2.86. The van der Waals surface area contributed by atoms with Gasteiger partial charge in [0.1, 0.15) is 0 Å². The van der Waals surface area contributed by atoms with Gasteiger partial charge in [0, 0.05) is 44.5 Å². The van der Waals surface area contributed by atoms with E-state index in [0.29, 0.717) is 19.0 Å². The van der Waals surface area contributed by atoms with E-state index in [1.165, 1.54) is 0 Å². The monoisotopic (exact) mass is 299 g/mol. The summed E-state index contributed by atoms with van der Waals surface area (Å²) in [5.41, 5.74) is 7.55. The molecule has 8 heteroatoms. The second-order valence-corrected chi connectivity index (χ2v) is 6.75. The van der Waals surface area contributed by atoms with Crippen molar-refractivity contribution in [1.29, 1.82) is 0 Å². The predicted octanol–water partition coefficient (Wildman–Crippen LogP) is -1.01. The predicted molar refractivity (Wildman–Crippen MR) is 77.3 cm³/mol. The Hall–Kier alpha value is -1.06. The summed E-state index contributed by atoms with van der Waals surface area (Å²) in [5.74, 6) is 0.400. The number of hydrogen-bond acceptors (Lipinski definition) is 6. The highest BCUT2D eigenvalue weighted by atomic mass is 32.2. The van der Waals surface area contributed by atoms with Crippen LogP contribution in [0, 0.1) is 5.92 Å². The van der Waals surface area contributed by atoms with Crippen molar-refractivity contribution < 1.29 is 8.42 Å². The van der Waals surface area contributed by atoms with Crippen molar-refractivity contribution in [1.82, 2.24) is 25.9 Å². The van der Waals surface area contributed by atoms with E-state index in [2.05, 4.69) is 31.9 Å². The SMILES string of the molecule is CS(=O)(=O)NCCNCC1CNNC1c1cccnc1. The first-order valence-electron chi connectivity index (χ1n) is 6.60. The Morgan fingerprint density at radius 1 is 1.45 bits per heavy atom. The largest absolute Gasteiger partial charge is 0.315 e. The van der Waals surface area contributed by atoms with Gasteiger partial charge < -0.3 is 5.32 Å². The summed E-state index contributed by atoms with van der Waals surface area (Å²) in [6.45, 7) is 2.70. The number of hydrogen-bond donors (Lipinski definition) is 4. The van der Waals surface area contributed by atoms with E-state index in [0.717, 1.165) is 24.9 Å². The maximum absolute atomic E-state index is 10.9. The van der Waals surface area contributed by atoms with Crippen molar-refractivity contribution in [3.63, 3.8) is 0 Å². The Morgan fingerprint density at radius 2 is 2.30 bits per heavy atom. The third-order valence-corrected chi connectivity index (χ3v) is 3.94. The molecule has 1 saturated heterocycles. The van der Waals surface area contributed by atoms with Crippen LogP contribution < -0.4 is 20.9 Å². The molecule has 0 radical (unpaired) electrons. The van der Waals surface area contributed by atoms with Crippen LogP contribution in [-0.4, -0.2) is 45.8 Å². The molecule has 7 nitrogen and oxygen atoms in total. The molecule has 2 heterocycles. The van der Waals surface area contributed by atoms with E-state index in [1.807, 2.05) is 12.3 Å². The van der Waals surface area contributed by atoms with Gasteiger partial charge in [-0.05, 0) is 11.6 Å². The Bertz CT molecular complexity index is 508. The number of pyridine rings is 1. The molecular weight excluding hydrogens is 278 g/mol. The minimum atomic E-state index is -3.10. The zero-order valence-electron chi connectivity index (χ0n) is 11.5. The molecule has 1 aromatic rings. The molecule has 0 spiro atoms. The molecule has 1 aliphatic rings. The van der Waals surface area contributed by atoms with Gasteiger partial charge in [0.2, 0.25) is 10.0 Å². The highest BCUT2D eigenvalue weighted by Crippen LogP contribution is 2.23. The molecule has 20 heavy (non-hydrogen) atoms. The van der Waals surface area contributed by atoms with E-state index in [1.54, 1.807) is 6.20 Å². The van der Waals surface area contributed by atoms with Crippen LogP contribution in [0.3, 0.4) is 0 Å². The quantitative estimate of drug-likeness (QED) is 0.482. The first kappa shape index (κ1) is 15.3. The molecule has 4 N–H and O–H groups in total. The fraction of sp³-hybridized carbons (Fsp3) is 0.583. The Morgan fingerprint density at radius 3 is 3.00 bits per heavy atom. The van der Waals surface area contributed by atoms with Gasteiger partial charge in [-0.3, -0.25) is 10.4 Å². The minimum absolute atomic E-state index is 0.221. The molecule has 0 aromatic carbocycles. The summed E-state index contributed by atoms with van der Waals surface area (Å²) in [6.07, 6.45) is 4.79. The number of nitrogens with one attached hydrogen (secondary N) is 4. The highest BCUT2D eigenvalue weighted by Gasteiger charge is 2.27. The molecule has 1 aromatic heterocycles. The molecule has 112 valence electrons. The summed E-state index contributed by atoms with van der Waals surface area (Å²) >= 11 is 0. The van der Waals surface area contributed by atoms with Gasteiger partial charge >= 0.3 is 0 Å². The van der Waals surface area contributed by atoms with E-state index in [-0.39, 0.29) is 6.04 Å². The van der Waals surface area contributed by atoms with E-state index in [9.17, 15) is 8.42 Å². The fourth-order valence-corrected chi connectivity index (χ4v) is 2.73. The third kappa shape index (κ3) is 4.80. The topological polar surface area (TPSA) is 95.2 Å². The first-order chi connectivity index (χ1) is 9.56. The zero-order chi connectivity index (χ0) is 14.4. The second-order valence-electron chi connectivity index (χ2n) is 4.92. The van der Waals surface area contributed by atoms with Gasteiger partial charge in [-0.2, -0.15) is 0 Å². The van der Waals surface area contributed by atoms with Gasteiger partial charge in [-0.15, -0.1) is 0 Å². The highest BCUT2D eigenvalue weighted by molar-refractivity contribution is 7.88. The summed E-state index contributed by atoms with van der Waals surface area (Å²) in [6, 6.07) is 4.20. The van der Waals surface area contributed by atoms with Crippen LogP contribution in [-0.2, 0) is 10.0 Å². The van der Waals surface area contributed by atoms with E-state index >= 15 is 0 Å². The molecule has 2 atom stereocenters. The van der Waals surface area contributed by atoms with Gasteiger partial charge in [0.15, 0.2) is 0 Å². The maximum Gasteiger partial charge on any atom is 0.208 e. The number of sulfonamides is 1. The first-order valence-corrected chi connectivity index (χ1v) is 8.49. The van der Waals surface area contributed by atoms with Crippen molar-refractivity contribution in [2.45, 2.75) is 6.04 Å². The number of hydrazine groups is 1. The Kier molecular flexibility index (Phi) is 5.44. The van der Waals surface area contributed by atoms with Crippen LogP contribution in [0.25, 0.3) is 0 Å². The van der Waals surface area contributed by atoms with Crippen molar-refractivity contribution in [3.05, 3.63) is 30.1 Å². The molecule has 0 aliphatic carbocycles. The second kappa shape index (κ2) is 7.09. The van der Waals surface area contributed by atoms with E-state index < -0.39 is 10.0 Å². The van der Waals surface area contributed by atoms with Crippen molar-refractivity contribution >= 4 is 10.0 Å². The van der Waals surface area contributed by atoms with Crippen molar-refractivity contribution in [2.75, 3.05) is 32.4 Å². The lowest BCUT2D eigenvalue weighted by Gasteiger charge is -2.18. The number of nitrogens with zero attached hydrogens (tertiary/aromatic N) is 1. The summed E-state index contributed by atoms with van der Waals surface area (Å²) in [7, 11) is -3.10. The smallest absolute Gasteiger partial charge is 0.208 e. The molecule has 2 rings (SSSR count). The van der Waals surface area contributed by atoms with Gasteiger partial charge in [-0.25, -0.2) is 18.6 Å². The van der Waals surface area contributed by atoms with E-state index in [4.69, 9.17) is 0 Å². The average molecular weight is 299 g/mol. The molecule has 0 saturated carbocycles. The van der Waals surface area contributed by atoms with Gasteiger partial charge in [-0.1, -0.05) is 6.07 Å². The molecule has 0 bridgehead atoms. The molecule has 1 aliphatic heterocycles. The van der Waals surface area contributed by atoms with Crippen LogP contribution in [0.2, 0.25) is 0 Å². The minimum Gasteiger partial charge on any atom is -0.315 e. The normalized spacial score (nSPS) is 23.1. The number of rotatable bonds is 7. The maximum atomic E-state index is 10.9. The van der Waals surface area contributed by atoms with Crippen LogP contribution in [0.15, 0.2) is 24.5 Å². The van der Waals surface area contributed by atoms with Crippen LogP contribution in [0.5, 0.6) is 0 Å². The standard InChI is InChI=1S/C12H21N5O2S/c1-20(18,19)16-6-5-14-8-11-9-15-17-12(11)10-3-2-4-13-7-10/h2-4,7,11-12,14-17H,5-6,8-9H2,1H3. The summed E-state index contributed by atoms with van der Waals surface area (Å²) in [4.78, 5) is 4.14. The van der Waals surface area contributed by atoms with Crippen molar-refractivity contribution in [3.8, 4) is 0 Å². The number of aromatic nitrogens is 1. The molecular formula is C12H21N5O2S. The lowest BCUT2D eigenvalue weighted by Crippen LogP contribution is -2.35. The zero-order valence-corrected chi connectivity index (χ0v) is 12.3. The Balaban J connectivity index is 1.75. The fourth-order valence-electron chi connectivity index (χ4n) is 2.25.